The van der Waals surface area contributed by atoms with Crippen LogP contribution in [0.3, 0.4) is 0 Å². The molecule has 5 heterocycles. The summed E-state index contributed by atoms with van der Waals surface area (Å²) in [6.45, 7) is 6.90. The third kappa shape index (κ3) is 5.71. The Hall–Kier alpha value is -2.62. The second-order valence-corrected chi connectivity index (χ2v) is 10.2. The molecular weight excluding hydrogens is 448 g/mol. The van der Waals surface area contributed by atoms with E-state index in [1.54, 1.807) is 6.20 Å². The fraction of sp³-hybridized carbons (Fsp3) is 0.625. The van der Waals surface area contributed by atoms with Crippen LogP contribution in [0.25, 0.3) is 0 Å². The summed E-state index contributed by atoms with van der Waals surface area (Å²) in [7, 11) is 0. The van der Waals surface area contributed by atoms with Crippen molar-refractivity contribution < 1.29 is 4.79 Å². The average molecular weight is 483 g/mol. The topological polar surface area (TPSA) is 81.6 Å². The number of piperazine rings is 1. The number of piperidine rings is 2. The van der Waals surface area contributed by atoms with E-state index in [0.717, 1.165) is 62.1 Å². The van der Waals surface area contributed by atoms with E-state index >= 15 is 0 Å². The molecule has 2 aromatic rings. The van der Waals surface area contributed by atoms with Crippen LogP contribution in [-0.2, 0) is 4.79 Å². The van der Waals surface area contributed by atoms with Crippen LogP contribution < -0.4 is 14.7 Å². The Bertz CT molecular complexity index is 905. The second kappa shape index (κ2) is 11.2. The van der Waals surface area contributed by atoms with E-state index in [0.29, 0.717) is 18.8 Å². The molecule has 0 radical (unpaired) electrons. The number of thioether (sulfide) groups is 1. The zero-order valence-corrected chi connectivity index (χ0v) is 20.6. The monoisotopic (exact) mass is 482 g/mol. The molecule has 3 saturated heterocycles. The van der Waals surface area contributed by atoms with Gasteiger partial charge in [-0.3, -0.25) is 4.79 Å². The summed E-state index contributed by atoms with van der Waals surface area (Å²) in [6, 6.07) is 5.78. The summed E-state index contributed by atoms with van der Waals surface area (Å²) in [6.07, 6.45) is 9.09. The summed E-state index contributed by atoms with van der Waals surface area (Å²) in [5.41, 5.74) is 0. The zero-order valence-electron chi connectivity index (χ0n) is 19.8. The van der Waals surface area contributed by atoms with E-state index in [1.165, 1.54) is 50.3 Å². The van der Waals surface area contributed by atoms with Crippen LogP contribution in [0, 0.1) is 0 Å². The van der Waals surface area contributed by atoms with Crippen molar-refractivity contribution in [2.24, 2.45) is 0 Å². The van der Waals surface area contributed by atoms with Crippen molar-refractivity contribution in [1.82, 2.24) is 24.8 Å². The van der Waals surface area contributed by atoms with E-state index in [9.17, 15) is 4.79 Å². The molecule has 0 aromatic carbocycles. The van der Waals surface area contributed by atoms with Crippen LogP contribution in [0.2, 0.25) is 0 Å². The number of carbonyl (C=O) groups is 1. The SMILES string of the molecule is O=C(CSc1ccccn1)N1CCN(c2nc(N3CCCCC3)nc(N3CCCCC3)n2)CC1. The molecule has 9 nitrogen and oxygen atoms in total. The molecule has 0 atom stereocenters. The Morgan fingerprint density at radius 3 is 1.74 bits per heavy atom. The summed E-state index contributed by atoms with van der Waals surface area (Å²) in [5, 5.41) is 0.884. The van der Waals surface area contributed by atoms with Gasteiger partial charge in [0.05, 0.1) is 10.8 Å². The predicted octanol–water partition coefficient (Wildman–Crippen LogP) is 2.69. The number of pyridine rings is 1. The molecule has 2 aromatic heterocycles. The molecule has 0 aliphatic carbocycles. The first-order valence-electron chi connectivity index (χ1n) is 12.6. The molecule has 0 unspecified atom stereocenters. The van der Waals surface area contributed by atoms with Gasteiger partial charge in [-0.1, -0.05) is 17.8 Å². The Kier molecular flexibility index (Phi) is 7.62. The Labute approximate surface area is 206 Å². The lowest BCUT2D eigenvalue weighted by Crippen LogP contribution is -2.50. The number of nitrogens with zero attached hydrogens (tertiary/aromatic N) is 8. The van der Waals surface area contributed by atoms with Gasteiger partial charge in [0.25, 0.3) is 0 Å². The van der Waals surface area contributed by atoms with Crippen LogP contribution >= 0.6 is 11.8 Å². The molecule has 0 spiro atoms. The first kappa shape index (κ1) is 23.1. The van der Waals surface area contributed by atoms with Gasteiger partial charge in [-0.05, 0) is 50.7 Å². The van der Waals surface area contributed by atoms with Crippen molar-refractivity contribution >= 4 is 35.5 Å². The summed E-state index contributed by atoms with van der Waals surface area (Å²) < 4.78 is 0. The number of aromatic nitrogens is 4. The smallest absolute Gasteiger partial charge is 0.233 e. The lowest BCUT2D eigenvalue weighted by molar-refractivity contribution is -0.128. The van der Waals surface area contributed by atoms with Gasteiger partial charge < -0.3 is 19.6 Å². The minimum Gasteiger partial charge on any atom is -0.341 e. The normalized spacial score (nSPS) is 19.4. The second-order valence-electron chi connectivity index (χ2n) is 9.16. The van der Waals surface area contributed by atoms with Gasteiger partial charge in [0, 0.05) is 58.6 Å². The highest BCUT2D eigenvalue weighted by molar-refractivity contribution is 7.99. The van der Waals surface area contributed by atoms with Crippen molar-refractivity contribution in [2.45, 2.75) is 43.6 Å². The zero-order chi connectivity index (χ0) is 23.2. The van der Waals surface area contributed by atoms with Gasteiger partial charge in [-0.2, -0.15) is 15.0 Å². The molecule has 0 saturated carbocycles. The van der Waals surface area contributed by atoms with E-state index in [4.69, 9.17) is 15.0 Å². The van der Waals surface area contributed by atoms with Gasteiger partial charge >= 0.3 is 0 Å². The number of hydrogen-bond donors (Lipinski definition) is 0. The Balaban J connectivity index is 1.25. The number of anilines is 3. The fourth-order valence-corrected chi connectivity index (χ4v) is 5.53. The lowest BCUT2D eigenvalue weighted by atomic mass is 10.1. The highest BCUT2D eigenvalue weighted by atomic mass is 32.2. The maximum Gasteiger partial charge on any atom is 0.233 e. The van der Waals surface area contributed by atoms with Crippen LogP contribution in [0.5, 0.6) is 0 Å². The molecule has 0 bridgehead atoms. The molecule has 3 aliphatic rings. The molecule has 5 rings (SSSR count). The van der Waals surface area contributed by atoms with Crippen molar-refractivity contribution in [2.75, 3.05) is 72.8 Å². The summed E-state index contributed by atoms with van der Waals surface area (Å²) >= 11 is 1.49. The minimum atomic E-state index is 0.161. The molecule has 0 N–H and O–H groups in total. The molecule has 1 amide bonds. The van der Waals surface area contributed by atoms with E-state index in [-0.39, 0.29) is 5.91 Å². The molecule has 3 aliphatic heterocycles. The highest BCUT2D eigenvalue weighted by Gasteiger charge is 2.26. The summed E-state index contributed by atoms with van der Waals surface area (Å²) in [4.78, 5) is 40.6. The summed E-state index contributed by atoms with van der Waals surface area (Å²) in [5.74, 6) is 2.97. The van der Waals surface area contributed by atoms with Gasteiger partial charge in [0.15, 0.2) is 0 Å². The lowest BCUT2D eigenvalue weighted by Gasteiger charge is -2.36. The van der Waals surface area contributed by atoms with Gasteiger partial charge in [0.1, 0.15) is 0 Å². The number of amides is 1. The third-order valence-electron chi connectivity index (χ3n) is 6.77. The Morgan fingerprint density at radius 2 is 1.24 bits per heavy atom. The number of rotatable bonds is 6. The van der Waals surface area contributed by atoms with Crippen LogP contribution in [0.1, 0.15) is 38.5 Å². The van der Waals surface area contributed by atoms with Crippen LogP contribution in [0.15, 0.2) is 29.4 Å². The average Bonchev–Trinajstić information content (AvgIpc) is 2.93. The quantitative estimate of drug-likeness (QED) is 0.577. The van der Waals surface area contributed by atoms with Crippen molar-refractivity contribution in [1.29, 1.82) is 0 Å². The minimum absolute atomic E-state index is 0.161. The first-order valence-corrected chi connectivity index (χ1v) is 13.6. The first-order chi connectivity index (χ1) is 16.8. The van der Waals surface area contributed by atoms with Gasteiger partial charge in [-0.25, -0.2) is 4.98 Å². The number of hydrogen-bond acceptors (Lipinski definition) is 9. The van der Waals surface area contributed by atoms with Crippen molar-refractivity contribution in [3.8, 4) is 0 Å². The molecule has 3 fully saturated rings. The third-order valence-corrected chi connectivity index (χ3v) is 7.70. The molecule has 182 valence electrons. The Morgan fingerprint density at radius 1 is 0.706 bits per heavy atom. The largest absolute Gasteiger partial charge is 0.341 e. The van der Waals surface area contributed by atoms with Gasteiger partial charge in [-0.15, -0.1) is 0 Å². The van der Waals surface area contributed by atoms with Crippen LogP contribution in [-0.4, -0.2) is 88.9 Å². The van der Waals surface area contributed by atoms with E-state index < -0.39 is 0 Å². The van der Waals surface area contributed by atoms with Gasteiger partial charge in [0.2, 0.25) is 23.8 Å². The highest BCUT2D eigenvalue weighted by Crippen LogP contribution is 2.25. The molecular formula is C24H34N8OS. The van der Waals surface area contributed by atoms with E-state index in [2.05, 4.69) is 19.7 Å². The maximum absolute atomic E-state index is 12.7. The maximum atomic E-state index is 12.7. The van der Waals surface area contributed by atoms with E-state index in [1.807, 2.05) is 23.1 Å². The molecule has 10 heteroatoms. The number of carbonyl (C=O) groups excluding carboxylic acids is 1. The predicted molar refractivity (Wildman–Crippen MR) is 136 cm³/mol. The standard InChI is InChI=1S/C24H34N8OS/c33-21(19-34-20-9-3-4-10-25-20)29-15-17-32(18-16-29)24-27-22(30-11-5-1-6-12-30)26-23(28-24)31-13-7-2-8-14-31/h3-4,9-10H,1-2,5-8,11-19H2. The molecule has 34 heavy (non-hydrogen) atoms. The van der Waals surface area contributed by atoms with Crippen LogP contribution in [0.4, 0.5) is 17.8 Å². The van der Waals surface area contributed by atoms with Crippen molar-refractivity contribution in [3.63, 3.8) is 0 Å². The fourth-order valence-electron chi connectivity index (χ4n) is 4.77. The van der Waals surface area contributed by atoms with Crippen molar-refractivity contribution in [3.05, 3.63) is 24.4 Å².